The zero-order valence-corrected chi connectivity index (χ0v) is 5.30. The van der Waals surface area contributed by atoms with E-state index in [1.165, 1.54) is 6.26 Å². The summed E-state index contributed by atoms with van der Waals surface area (Å²) in [5, 5.41) is 0. The van der Waals surface area contributed by atoms with Crippen LogP contribution in [0, 0.1) is 0 Å². The Labute approximate surface area is 54.8 Å². The summed E-state index contributed by atoms with van der Waals surface area (Å²) in [6.45, 7) is 4.88. The van der Waals surface area contributed by atoms with Gasteiger partial charge in [0.2, 0.25) is 0 Å². The first-order valence-corrected chi connectivity index (χ1v) is 2.98. The first-order valence-electron chi connectivity index (χ1n) is 2.98. The van der Waals surface area contributed by atoms with Gasteiger partial charge in [-0.15, -0.1) is 0 Å². The third-order valence-electron chi connectivity index (χ3n) is 1.16. The summed E-state index contributed by atoms with van der Waals surface area (Å²) < 4.78 is 10.1. The minimum atomic E-state index is 0.670. The Bertz CT molecular complexity index is 127. The van der Waals surface area contributed by atoms with Gasteiger partial charge in [0.1, 0.15) is 5.76 Å². The minimum Gasteiger partial charge on any atom is -0.470 e. The van der Waals surface area contributed by atoms with Gasteiger partial charge < -0.3 is 9.47 Å². The van der Waals surface area contributed by atoms with Gasteiger partial charge in [-0.05, 0) is 6.08 Å². The maximum absolute atomic E-state index is 5.06. The van der Waals surface area contributed by atoms with Crippen molar-refractivity contribution < 1.29 is 9.47 Å². The predicted octanol–water partition coefficient (Wildman–Crippen LogP) is 1.45. The molecule has 0 unspecified atom stereocenters. The molecule has 0 amide bonds. The third kappa shape index (κ3) is 1.90. The zero-order valence-electron chi connectivity index (χ0n) is 5.30. The monoisotopic (exact) mass is 126 g/mol. The number of ether oxygens (including phenoxy) is 2. The Morgan fingerprint density at radius 1 is 1.78 bits per heavy atom. The van der Waals surface area contributed by atoms with Crippen molar-refractivity contribution in [3.05, 3.63) is 24.7 Å². The van der Waals surface area contributed by atoms with Crippen LogP contribution in [0.4, 0.5) is 0 Å². The van der Waals surface area contributed by atoms with Crippen molar-refractivity contribution >= 4 is 0 Å². The van der Waals surface area contributed by atoms with Crippen molar-refractivity contribution in [3.63, 3.8) is 0 Å². The molecular formula is C7H10O2. The first kappa shape index (κ1) is 6.36. The normalized spacial score (nSPS) is 18.4. The molecule has 0 saturated heterocycles. The van der Waals surface area contributed by atoms with Crippen LogP contribution in [-0.4, -0.2) is 13.2 Å². The quantitative estimate of drug-likeness (QED) is 0.521. The summed E-state index contributed by atoms with van der Waals surface area (Å²) in [4.78, 5) is 0. The fourth-order valence-corrected chi connectivity index (χ4v) is 0.724. The minimum absolute atomic E-state index is 0.670. The molecule has 0 fully saturated rings. The largest absolute Gasteiger partial charge is 0.470 e. The lowest BCUT2D eigenvalue weighted by Crippen LogP contribution is -2.04. The second-order valence-electron chi connectivity index (χ2n) is 1.78. The van der Waals surface area contributed by atoms with E-state index >= 15 is 0 Å². The summed E-state index contributed by atoms with van der Waals surface area (Å²) in [5.74, 6) is 0.969. The standard InChI is InChI=1S/C7H10O2/c1-2-9-7-3-5-8-6-4-7/h2-3H,1,4-6H2. The van der Waals surface area contributed by atoms with E-state index in [0.29, 0.717) is 6.61 Å². The van der Waals surface area contributed by atoms with E-state index in [2.05, 4.69) is 6.58 Å². The average Bonchev–Trinajstić information content (AvgIpc) is 1.91. The number of hydrogen-bond donors (Lipinski definition) is 0. The smallest absolute Gasteiger partial charge is 0.104 e. The Kier molecular flexibility index (Phi) is 2.33. The molecule has 2 nitrogen and oxygen atoms in total. The van der Waals surface area contributed by atoms with Crippen LogP contribution in [0.3, 0.4) is 0 Å². The third-order valence-corrected chi connectivity index (χ3v) is 1.16. The van der Waals surface area contributed by atoms with Crippen LogP contribution in [0.25, 0.3) is 0 Å². The van der Waals surface area contributed by atoms with Gasteiger partial charge in [-0.1, -0.05) is 6.58 Å². The van der Waals surface area contributed by atoms with Gasteiger partial charge in [0, 0.05) is 6.42 Å². The molecule has 0 aromatic rings. The molecule has 1 aliphatic rings. The molecule has 0 atom stereocenters. The van der Waals surface area contributed by atoms with E-state index in [4.69, 9.17) is 9.47 Å². The fraction of sp³-hybridized carbons (Fsp3) is 0.429. The second-order valence-corrected chi connectivity index (χ2v) is 1.78. The lowest BCUT2D eigenvalue weighted by molar-refractivity contribution is 0.133. The highest BCUT2D eigenvalue weighted by atomic mass is 16.5. The molecule has 0 aliphatic carbocycles. The maximum Gasteiger partial charge on any atom is 0.104 e. The molecule has 0 radical (unpaired) electrons. The SMILES string of the molecule is C=COC1=CCOCC1. The Morgan fingerprint density at radius 3 is 3.22 bits per heavy atom. The molecule has 0 spiro atoms. The van der Waals surface area contributed by atoms with E-state index < -0.39 is 0 Å². The summed E-state index contributed by atoms with van der Waals surface area (Å²) in [6, 6.07) is 0. The highest BCUT2D eigenvalue weighted by Gasteiger charge is 2.01. The van der Waals surface area contributed by atoms with Crippen LogP contribution in [0.1, 0.15) is 6.42 Å². The summed E-state index contributed by atoms with van der Waals surface area (Å²) >= 11 is 0. The lowest BCUT2D eigenvalue weighted by atomic mass is 10.3. The molecular weight excluding hydrogens is 116 g/mol. The van der Waals surface area contributed by atoms with Gasteiger partial charge in [-0.25, -0.2) is 0 Å². The van der Waals surface area contributed by atoms with Crippen LogP contribution in [0.5, 0.6) is 0 Å². The van der Waals surface area contributed by atoms with Crippen molar-refractivity contribution in [2.24, 2.45) is 0 Å². The topological polar surface area (TPSA) is 18.5 Å². The Hall–Kier alpha value is -0.760. The summed E-state index contributed by atoms with van der Waals surface area (Å²) in [5.41, 5.74) is 0. The fourth-order valence-electron chi connectivity index (χ4n) is 0.724. The van der Waals surface area contributed by atoms with E-state index in [1.807, 2.05) is 6.08 Å². The number of hydrogen-bond acceptors (Lipinski definition) is 2. The predicted molar refractivity (Wildman–Crippen MR) is 34.8 cm³/mol. The van der Waals surface area contributed by atoms with E-state index in [0.717, 1.165) is 18.8 Å². The molecule has 0 saturated carbocycles. The molecule has 1 heterocycles. The van der Waals surface area contributed by atoms with Crippen molar-refractivity contribution in [2.75, 3.05) is 13.2 Å². The highest BCUT2D eigenvalue weighted by Crippen LogP contribution is 2.08. The van der Waals surface area contributed by atoms with Crippen LogP contribution in [0.15, 0.2) is 24.7 Å². The Morgan fingerprint density at radius 2 is 2.67 bits per heavy atom. The molecule has 1 aliphatic heterocycles. The molecule has 0 bridgehead atoms. The van der Waals surface area contributed by atoms with Crippen LogP contribution in [-0.2, 0) is 9.47 Å². The van der Waals surface area contributed by atoms with Crippen LogP contribution < -0.4 is 0 Å². The van der Waals surface area contributed by atoms with Gasteiger partial charge in [0.15, 0.2) is 0 Å². The van der Waals surface area contributed by atoms with Crippen molar-refractivity contribution in [1.29, 1.82) is 0 Å². The van der Waals surface area contributed by atoms with Gasteiger partial charge in [-0.3, -0.25) is 0 Å². The highest BCUT2D eigenvalue weighted by molar-refractivity contribution is 4.97. The number of rotatable bonds is 2. The zero-order chi connectivity index (χ0) is 6.53. The van der Waals surface area contributed by atoms with Crippen molar-refractivity contribution in [2.45, 2.75) is 6.42 Å². The van der Waals surface area contributed by atoms with Crippen LogP contribution >= 0.6 is 0 Å². The van der Waals surface area contributed by atoms with E-state index in [-0.39, 0.29) is 0 Å². The van der Waals surface area contributed by atoms with Crippen molar-refractivity contribution in [3.8, 4) is 0 Å². The van der Waals surface area contributed by atoms with Gasteiger partial charge in [0.25, 0.3) is 0 Å². The maximum atomic E-state index is 5.06. The lowest BCUT2D eigenvalue weighted by Gasteiger charge is -2.11. The van der Waals surface area contributed by atoms with E-state index in [9.17, 15) is 0 Å². The van der Waals surface area contributed by atoms with Gasteiger partial charge in [-0.2, -0.15) is 0 Å². The molecule has 0 aromatic heterocycles. The molecule has 0 aromatic carbocycles. The van der Waals surface area contributed by atoms with E-state index in [1.54, 1.807) is 0 Å². The molecule has 0 N–H and O–H groups in total. The van der Waals surface area contributed by atoms with Gasteiger partial charge >= 0.3 is 0 Å². The average molecular weight is 126 g/mol. The Balaban J connectivity index is 2.36. The molecule has 9 heavy (non-hydrogen) atoms. The second kappa shape index (κ2) is 3.30. The molecule has 2 heteroatoms. The van der Waals surface area contributed by atoms with Gasteiger partial charge in [0.05, 0.1) is 19.5 Å². The summed E-state index contributed by atoms with van der Waals surface area (Å²) in [6.07, 6.45) is 4.23. The molecule has 50 valence electrons. The summed E-state index contributed by atoms with van der Waals surface area (Å²) in [7, 11) is 0. The first-order chi connectivity index (χ1) is 4.43. The van der Waals surface area contributed by atoms with Crippen LogP contribution in [0.2, 0.25) is 0 Å². The van der Waals surface area contributed by atoms with Crippen molar-refractivity contribution in [1.82, 2.24) is 0 Å². The molecule has 1 rings (SSSR count).